The molecular formula is C21H23FN2O3. The van der Waals surface area contributed by atoms with Gasteiger partial charge in [-0.15, -0.1) is 0 Å². The van der Waals surface area contributed by atoms with Crippen LogP contribution in [0.4, 0.5) is 15.8 Å². The molecule has 6 heteroatoms. The van der Waals surface area contributed by atoms with Gasteiger partial charge in [-0.25, -0.2) is 4.39 Å². The number of anilines is 2. The molecule has 0 aliphatic heterocycles. The number of para-hydroxylation sites is 3. The summed E-state index contributed by atoms with van der Waals surface area (Å²) in [6, 6.07) is 13.4. The minimum absolute atomic E-state index is 0.0625. The number of carbonyl (C=O) groups is 2. The van der Waals surface area contributed by atoms with Crippen molar-refractivity contribution in [3.05, 3.63) is 54.3 Å². The molecule has 0 radical (unpaired) electrons. The van der Waals surface area contributed by atoms with Crippen LogP contribution in [-0.2, 0) is 9.59 Å². The SMILES string of the molecule is COc1ccccc1NC(=O)C1CCC(C(=O)Nc2ccccc2F)CC1. The summed E-state index contributed by atoms with van der Waals surface area (Å²) in [6.45, 7) is 0. The van der Waals surface area contributed by atoms with E-state index >= 15 is 0 Å². The van der Waals surface area contributed by atoms with Crippen LogP contribution in [0.2, 0.25) is 0 Å². The smallest absolute Gasteiger partial charge is 0.227 e. The van der Waals surface area contributed by atoms with Crippen LogP contribution in [0, 0.1) is 17.7 Å². The van der Waals surface area contributed by atoms with Crippen molar-refractivity contribution in [2.75, 3.05) is 17.7 Å². The van der Waals surface area contributed by atoms with Crippen LogP contribution in [0.1, 0.15) is 25.7 Å². The average molecular weight is 370 g/mol. The molecular weight excluding hydrogens is 347 g/mol. The third-order valence-electron chi connectivity index (χ3n) is 4.97. The Hall–Kier alpha value is -2.89. The Balaban J connectivity index is 1.53. The van der Waals surface area contributed by atoms with Crippen molar-refractivity contribution in [1.29, 1.82) is 0 Å². The predicted molar refractivity (Wildman–Crippen MR) is 102 cm³/mol. The molecule has 0 saturated heterocycles. The quantitative estimate of drug-likeness (QED) is 0.828. The number of rotatable bonds is 5. The van der Waals surface area contributed by atoms with E-state index in [0.717, 1.165) is 0 Å². The van der Waals surface area contributed by atoms with E-state index in [1.165, 1.54) is 6.07 Å². The van der Waals surface area contributed by atoms with Gasteiger partial charge >= 0.3 is 0 Å². The zero-order valence-electron chi connectivity index (χ0n) is 15.2. The van der Waals surface area contributed by atoms with Gasteiger partial charge in [-0.3, -0.25) is 9.59 Å². The zero-order valence-corrected chi connectivity index (χ0v) is 15.2. The first-order chi connectivity index (χ1) is 13.1. The number of hydrogen-bond donors (Lipinski definition) is 2. The molecule has 2 N–H and O–H groups in total. The normalized spacial score (nSPS) is 19.2. The largest absolute Gasteiger partial charge is 0.495 e. The predicted octanol–water partition coefficient (Wildman–Crippen LogP) is 4.22. The fraction of sp³-hybridized carbons (Fsp3) is 0.333. The lowest BCUT2D eigenvalue weighted by molar-refractivity contribution is -0.125. The van der Waals surface area contributed by atoms with Crippen LogP contribution >= 0.6 is 0 Å². The maximum absolute atomic E-state index is 13.7. The van der Waals surface area contributed by atoms with Crippen LogP contribution in [0.15, 0.2) is 48.5 Å². The molecule has 0 heterocycles. The summed E-state index contributed by atoms with van der Waals surface area (Å²) in [7, 11) is 1.56. The molecule has 2 aromatic carbocycles. The first-order valence-electron chi connectivity index (χ1n) is 9.07. The summed E-state index contributed by atoms with van der Waals surface area (Å²) < 4.78 is 18.9. The molecule has 1 saturated carbocycles. The Kier molecular flexibility index (Phi) is 6.06. The van der Waals surface area contributed by atoms with Gasteiger partial charge in [0.05, 0.1) is 18.5 Å². The van der Waals surface area contributed by atoms with Gasteiger partial charge in [0.1, 0.15) is 11.6 Å². The Morgan fingerprint density at radius 2 is 1.33 bits per heavy atom. The van der Waals surface area contributed by atoms with Crippen molar-refractivity contribution >= 4 is 23.2 Å². The molecule has 2 amide bonds. The Morgan fingerprint density at radius 1 is 0.852 bits per heavy atom. The summed E-state index contributed by atoms with van der Waals surface area (Å²) >= 11 is 0. The van der Waals surface area contributed by atoms with Gasteiger partial charge in [0.25, 0.3) is 0 Å². The Labute approximate surface area is 157 Å². The molecule has 1 aliphatic carbocycles. The second-order valence-corrected chi connectivity index (χ2v) is 6.71. The van der Waals surface area contributed by atoms with Crippen LogP contribution in [0.5, 0.6) is 5.75 Å². The molecule has 2 aromatic rings. The molecule has 1 fully saturated rings. The fourth-order valence-corrected chi connectivity index (χ4v) is 3.40. The van der Waals surface area contributed by atoms with Crippen LogP contribution in [0.25, 0.3) is 0 Å². The first kappa shape index (κ1) is 18.9. The van der Waals surface area contributed by atoms with E-state index in [9.17, 15) is 14.0 Å². The van der Waals surface area contributed by atoms with Crippen molar-refractivity contribution in [2.24, 2.45) is 11.8 Å². The molecule has 5 nitrogen and oxygen atoms in total. The highest BCUT2D eigenvalue weighted by atomic mass is 19.1. The van der Waals surface area contributed by atoms with E-state index in [1.807, 2.05) is 12.1 Å². The van der Waals surface area contributed by atoms with Crippen molar-refractivity contribution < 1.29 is 18.7 Å². The van der Waals surface area contributed by atoms with Gasteiger partial charge in [0.15, 0.2) is 0 Å². The lowest BCUT2D eigenvalue weighted by Gasteiger charge is -2.27. The number of nitrogens with one attached hydrogen (secondary N) is 2. The van der Waals surface area contributed by atoms with Crippen molar-refractivity contribution in [3.63, 3.8) is 0 Å². The third-order valence-corrected chi connectivity index (χ3v) is 4.97. The van der Waals surface area contributed by atoms with Crippen molar-refractivity contribution in [2.45, 2.75) is 25.7 Å². The van der Waals surface area contributed by atoms with E-state index in [2.05, 4.69) is 10.6 Å². The minimum Gasteiger partial charge on any atom is -0.495 e. The van der Waals surface area contributed by atoms with Crippen molar-refractivity contribution in [3.8, 4) is 5.75 Å². The standard InChI is InChI=1S/C21H23FN2O3/c1-27-19-9-5-4-8-18(19)24-21(26)15-12-10-14(11-13-15)20(25)23-17-7-3-2-6-16(17)22/h2-9,14-15H,10-13H2,1H3,(H,23,25)(H,24,26). The fourth-order valence-electron chi connectivity index (χ4n) is 3.40. The van der Waals surface area contributed by atoms with Gasteiger partial charge < -0.3 is 15.4 Å². The van der Waals surface area contributed by atoms with Gasteiger partial charge in [0, 0.05) is 11.8 Å². The number of ether oxygens (including phenoxy) is 1. The lowest BCUT2D eigenvalue weighted by atomic mass is 9.81. The maximum Gasteiger partial charge on any atom is 0.227 e. The lowest BCUT2D eigenvalue weighted by Crippen LogP contribution is -2.32. The summed E-state index contributed by atoms with van der Waals surface area (Å²) in [5.74, 6) is -0.442. The number of carbonyl (C=O) groups excluding carboxylic acids is 2. The van der Waals surface area contributed by atoms with E-state index in [-0.39, 0.29) is 29.3 Å². The minimum atomic E-state index is -0.448. The summed E-state index contributed by atoms with van der Waals surface area (Å²) in [6.07, 6.45) is 2.45. The second-order valence-electron chi connectivity index (χ2n) is 6.71. The number of methoxy groups -OCH3 is 1. The molecule has 0 unspecified atom stereocenters. The molecule has 142 valence electrons. The van der Waals surface area contributed by atoms with Crippen molar-refractivity contribution in [1.82, 2.24) is 0 Å². The van der Waals surface area contributed by atoms with Crippen LogP contribution < -0.4 is 15.4 Å². The average Bonchev–Trinajstić information content (AvgIpc) is 2.70. The van der Waals surface area contributed by atoms with E-state index in [0.29, 0.717) is 37.1 Å². The third kappa shape index (κ3) is 4.64. The van der Waals surface area contributed by atoms with Crippen LogP contribution in [-0.4, -0.2) is 18.9 Å². The zero-order chi connectivity index (χ0) is 19.2. The molecule has 0 atom stereocenters. The number of hydrogen-bond acceptors (Lipinski definition) is 3. The summed E-state index contributed by atoms with van der Waals surface area (Å²) in [5.41, 5.74) is 0.836. The summed E-state index contributed by atoms with van der Waals surface area (Å²) in [5, 5.41) is 5.56. The van der Waals surface area contributed by atoms with E-state index in [1.54, 1.807) is 37.4 Å². The van der Waals surface area contributed by atoms with Crippen LogP contribution in [0.3, 0.4) is 0 Å². The number of halogens is 1. The number of benzene rings is 2. The monoisotopic (exact) mass is 370 g/mol. The molecule has 27 heavy (non-hydrogen) atoms. The highest BCUT2D eigenvalue weighted by molar-refractivity contribution is 5.95. The first-order valence-corrected chi connectivity index (χ1v) is 9.07. The molecule has 0 bridgehead atoms. The summed E-state index contributed by atoms with van der Waals surface area (Å²) in [4.78, 5) is 24.9. The topological polar surface area (TPSA) is 67.4 Å². The second kappa shape index (κ2) is 8.66. The Morgan fingerprint density at radius 3 is 1.89 bits per heavy atom. The molecule has 3 rings (SSSR count). The van der Waals surface area contributed by atoms with E-state index in [4.69, 9.17) is 4.74 Å². The Bertz CT molecular complexity index is 817. The maximum atomic E-state index is 13.7. The molecule has 0 aromatic heterocycles. The highest BCUT2D eigenvalue weighted by Gasteiger charge is 2.30. The molecule has 0 spiro atoms. The van der Waals surface area contributed by atoms with Gasteiger partial charge in [-0.1, -0.05) is 24.3 Å². The van der Waals surface area contributed by atoms with Gasteiger partial charge in [0.2, 0.25) is 11.8 Å². The molecule has 1 aliphatic rings. The van der Waals surface area contributed by atoms with Gasteiger partial charge in [-0.2, -0.15) is 0 Å². The highest BCUT2D eigenvalue weighted by Crippen LogP contribution is 2.32. The van der Waals surface area contributed by atoms with Gasteiger partial charge in [-0.05, 0) is 49.9 Å². The van der Waals surface area contributed by atoms with E-state index < -0.39 is 5.82 Å². The number of amides is 2.